The highest BCUT2D eigenvalue weighted by Crippen LogP contribution is 2.14. The fraction of sp³-hybridized carbons (Fsp3) is 0.647. The lowest BCUT2D eigenvalue weighted by molar-refractivity contribution is -0.124. The number of urea groups is 1. The number of nitrogens with one attached hydrogen (secondary N) is 2. The van der Waals surface area contributed by atoms with Gasteiger partial charge in [-0.15, -0.1) is 0 Å². The first-order valence-corrected chi connectivity index (χ1v) is 8.26. The maximum atomic E-state index is 12.3. The van der Waals surface area contributed by atoms with Gasteiger partial charge >= 0.3 is 6.03 Å². The molecule has 0 aromatic carbocycles. The van der Waals surface area contributed by atoms with E-state index in [1.165, 1.54) is 0 Å². The number of aromatic nitrogens is 1. The van der Waals surface area contributed by atoms with Crippen molar-refractivity contribution in [2.24, 2.45) is 0 Å². The average molecular weight is 320 g/mol. The number of likely N-dealkylation sites (tertiary alicyclic amines) is 1. The van der Waals surface area contributed by atoms with Gasteiger partial charge in [0.2, 0.25) is 5.91 Å². The van der Waals surface area contributed by atoms with Crippen molar-refractivity contribution in [1.29, 1.82) is 0 Å². The summed E-state index contributed by atoms with van der Waals surface area (Å²) in [5, 5.41) is 6.07. The van der Waals surface area contributed by atoms with E-state index in [1.54, 1.807) is 0 Å². The van der Waals surface area contributed by atoms with Gasteiger partial charge in [-0.25, -0.2) is 4.79 Å². The molecule has 0 spiro atoms. The first kappa shape index (κ1) is 17.4. The van der Waals surface area contributed by atoms with Crippen molar-refractivity contribution >= 4 is 11.9 Å². The van der Waals surface area contributed by atoms with Gasteiger partial charge in [0.05, 0.1) is 0 Å². The molecule has 0 saturated carbocycles. The van der Waals surface area contributed by atoms with Crippen LogP contribution < -0.4 is 10.6 Å². The minimum absolute atomic E-state index is 0.0250. The van der Waals surface area contributed by atoms with E-state index < -0.39 is 0 Å². The molecule has 1 aromatic rings. The van der Waals surface area contributed by atoms with Crippen LogP contribution in [-0.4, -0.2) is 46.1 Å². The van der Waals surface area contributed by atoms with Gasteiger partial charge in [-0.3, -0.25) is 4.79 Å². The number of nitrogens with zero attached hydrogens (tertiary/aromatic N) is 2. The number of carbonyl (C=O) groups is 2. The second-order valence-electron chi connectivity index (χ2n) is 7.26. The van der Waals surface area contributed by atoms with Crippen molar-refractivity contribution in [3.05, 3.63) is 24.5 Å². The predicted octanol–water partition coefficient (Wildman–Crippen LogP) is 2.14. The summed E-state index contributed by atoms with van der Waals surface area (Å²) in [6, 6.07) is 3.72. The molecule has 0 aliphatic carbocycles. The van der Waals surface area contributed by atoms with Crippen LogP contribution in [0.3, 0.4) is 0 Å². The van der Waals surface area contributed by atoms with Crippen LogP contribution in [0.1, 0.15) is 46.6 Å². The molecule has 128 valence electrons. The Hall–Kier alpha value is -1.98. The second-order valence-corrected chi connectivity index (χ2v) is 7.26. The Kier molecular flexibility index (Phi) is 5.34. The van der Waals surface area contributed by atoms with Crippen LogP contribution in [0.4, 0.5) is 4.79 Å². The van der Waals surface area contributed by atoms with Gasteiger partial charge in [0.25, 0.3) is 0 Å². The molecule has 2 rings (SSSR count). The summed E-state index contributed by atoms with van der Waals surface area (Å²) >= 11 is 0. The summed E-state index contributed by atoms with van der Waals surface area (Å²) in [6.07, 6.45) is 5.37. The molecule has 1 fully saturated rings. The number of hydrogen-bond donors (Lipinski definition) is 2. The highest BCUT2D eigenvalue weighted by molar-refractivity contribution is 5.80. The highest BCUT2D eigenvalue weighted by Gasteiger charge is 2.27. The lowest BCUT2D eigenvalue weighted by atomic mass is 10.0. The Morgan fingerprint density at radius 2 is 1.70 bits per heavy atom. The molecule has 1 saturated heterocycles. The zero-order chi connectivity index (χ0) is 17.0. The van der Waals surface area contributed by atoms with E-state index in [1.807, 2.05) is 61.7 Å². The van der Waals surface area contributed by atoms with Gasteiger partial charge in [0.15, 0.2) is 0 Å². The predicted molar refractivity (Wildman–Crippen MR) is 90.2 cm³/mol. The number of hydrogen-bond acceptors (Lipinski definition) is 2. The topological polar surface area (TPSA) is 66.4 Å². The standard InChI is InChI=1S/C17H28N4O2/c1-13(20-9-5-6-10-20)15(22)18-14-7-11-21(12-8-14)16(23)19-17(2,3)4/h5-6,9-10,13-14H,7-8,11-12H2,1-4H3,(H,18,22)(H,19,23)/t13-/m1/s1. The van der Waals surface area contributed by atoms with Gasteiger partial charge in [0, 0.05) is 37.1 Å². The molecule has 6 nitrogen and oxygen atoms in total. The van der Waals surface area contributed by atoms with Crippen molar-refractivity contribution in [2.45, 2.75) is 58.2 Å². The Morgan fingerprint density at radius 1 is 1.13 bits per heavy atom. The molecule has 1 atom stereocenters. The van der Waals surface area contributed by atoms with Crippen molar-refractivity contribution < 1.29 is 9.59 Å². The van der Waals surface area contributed by atoms with Crippen molar-refractivity contribution in [1.82, 2.24) is 20.1 Å². The van der Waals surface area contributed by atoms with Crippen LogP contribution in [0.15, 0.2) is 24.5 Å². The van der Waals surface area contributed by atoms with Gasteiger partial charge in [0.1, 0.15) is 6.04 Å². The molecule has 2 heterocycles. The monoisotopic (exact) mass is 320 g/mol. The van der Waals surface area contributed by atoms with Crippen molar-refractivity contribution in [3.63, 3.8) is 0 Å². The summed E-state index contributed by atoms with van der Waals surface area (Å²) in [7, 11) is 0. The number of carbonyl (C=O) groups excluding carboxylic acids is 2. The third-order valence-corrected chi connectivity index (χ3v) is 4.06. The fourth-order valence-corrected chi connectivity index (χ4v) is 2.69. The third kappa shape index (κ3) is 5.01. The minimum atomic E-state index is -0.228. The van der Waals surface area contributed by atoms with Crippen LogP contribution in [-0.2, 0) is 4.79 Å². The zero-order valence-corrected chi connectivity index (χ0v) is 14.5. The molecule has 1 aliphatic rings. The first-order valence-electron chi connectivity index (χ1n) is 8.26. The molecule has 23 heavy (non-hydrogen) atoms. The van der Waals surface area contributed by atoms with Crippen LogP contribution >= 0.6 is 0 Å². The molecular formula is C17H28N4O2. The lowest BCUT2D eigenvalue weighted by Crippen LogP contribution is -2.53. The number of rotatable bonds is 3. The maximum Gasteiger partial charge on any atom is 0.317 e. The molecule has 1 aromatic heterocycles. The molecule has 0 unspecified atom stereocenters. The zero-order valence-electron chi connectivity index (χ0n) is 14.5. The smallest absolute Gasteiger partial charge is 0.317 e. The van der Waals surface area contributed by atoms with Gasteiger partial charge in [-0.05, 0) is 52.7 Å². The second kappa shape index (κ2) is 7.06. The first-order chi connectivity index (χ1) is 10.8. The average Bonchev–Trinajstić information content (AvgIpc) is 2.99. The Labute approximate surface area is 138 Å². The maximum absolute atomic E-state index is 12.3. The van der Waals surface area contributed by atoms with Crippen LogP contribution in [0.25, 0.3) is 0 Å². The molecule has 1 aliphatic heterocycles. The summed E-state index contributed by atoms with van der Waals surface area (Å²) < 4.78 is 1.89. The SMILES string of the molecule is C[C@H](C(=O)NC1CCN(C(=O)NC(C)(C)C)CC1)n1cccc1. The summed E-state index contributed by atoms with van der Waals surface area (Å²) in [5.74, 6) is 0.0267. The fourth-order valence-electron chi connectivity index (χ4n) is 2.69. The normalized spacial score (nSPS) is 17.7. The van der Waals surface area contributed by atoms with E-state index in [2.05, 4.69) is 10.6 Å². The van der Waals surface area contributed by atoms with E-state index in [0.717, 1.165) is 12.8 Å². The van der Waals surface area contributed by atoms with E-state index in [0.29, 0.717) is 13.1 Å². The summed E-state index contributed by atoms with van der Waals surface area (Å²) in [4.78, 5) is 26.2. The van der Waals surface area contributed by atoms with E-state index >= 15 is 0 Å². The van der Waals surface area contributed by atoms with E-state index in [-0.39, 0.29) is 29.6 Å². The number of amides is 3. The van der Waals surface area contributed by atoms with Crippen molar-refractivity contribution in [3.8, 4) is 0 Å². The molecule has 0 radical (unpaired) electrons. The van der Waals surface area contributed by atoms with Crippen LogP contribution in [0.2, 0.25) is 0 Å². The third-order valence-electron chi connectivity index (χ3n) is 4.06. The van der Waals surface area contributed by atoms with Gasteiger partial charge in [-0.1, -0.05) is 0 Å². The molecular weight excluding hydrogens is 292 g/mol. The molecule has 2 N–H and O–H groups in total. The minimum Gasteiger partial charge on any atom is -0.351 e. The van der Waals surface area contributed by atoms with E-state index in [9.17, 15) is 9.59 Å². The largest absolute Gasteiger partial charge is 0.351 e. The lowest BCUT2D eigenvalue weighted by Gasteiger charge is -2.35. The molecule has 6 heteroatoms. The van der Waals surface area contributed by atoms with Crippen molar-refractivity contribution in [2.75, 3.05) is 13.1 Å². The molecule has 0 bridgehead atoms. The Bertz CT molecular complexity index is 525. The molecule has 3 amide bonds. The van der Waals surface area contributed by atoms with Crippen LogP contribution in [0, 0.1) is 0 Å². The van der Waals surface area contributed by atoms with Gasteiger partial charge < -0.3 is 20.1 Å². The van der Waals surface area contributed by atoms with Gasteiger partial charge in [-0.2, -0.15) is 0 Å². The quantitative estimate of drug-likeness (QED) is 0.896. The Morgan fingerprint density at radius 3 is 2.22 bits per heavy atom. The number of piperidine rings is 1. The highest BCUT2D eigenvalue weighted by atomic mass is 16.2. The summed E-state index contributed by atoms with van der Waals surface area (Å²) in [5.41, 5.74) is -0.228. The van der Waals surface area contributed by atoms with Crippen LogP contribution in [0.5, 0.6) is 0 Å². The summed E-state index contributed by atoms with van der Waals surface area (Å²) in [6.45, 7) is 9.15. The Balaban J connectivity index is 1.78. The van der Waals surface area contributed by atoms with E-state index in [4.69, 9.17) is 0 Å².